The second-order valence-corrected chi connectivity index (χ2v) is 6.35. The minimum Gasteiger partial charge on any atom is -0.495 e. The van der Waals surface area contributed by atoms with Crippen LogP contribution in [0, 0.1) is 0 Å². The highest BCUT2D eigenvalue weighted by Crippen LogP contribution is 2.27. The van der Waals surface area contributed by atoms with Crippen molar-refractivity contribution in [2.24, 2.45) is 0 Å². The molecule has 3 N–H and O–H groups in total. The summed E-state index contributed by atoms with van der Waals surface area (Å²) in [4.78, 5) is 35.9. The number of nitrogens with one attached hydrogen (secondary N) is 2. The number of methoxy groups -OCH3 is 1. The molecule has 0 radical (unpaired) electrons. The van der Waals surface area contributed by atoms with Crippen molar-refractivity contribution in [2.75, 3.05) is 12.4 Å². The Balaban J connectivity index is 1.76. The third-order valence-electron chi connectivity index (χ3n) is 4.25. The third kappa shape index (κ3) is 4.63. The van der Waals surface area contributed by atoms with Gasteiger partial charge in [-0.2, -0.15) is 0 Å². The zero-order chi connectivity index (χ0) is 19.4. The first kappa shape index (κ1) is 18.4. The molecule has 7 heteroatoms. The predicted molar refractivity (Wildman–Crippen MR) is 99.2 cm³/mol. The van der Waals surface area contributed by atoms with Gasteiger partial charge in [0.15, 0.2) is 0 Å². The van der Waals surface area contributed by atoms with E-state index in [1.807, 2.05) is 0 Å². The van der Waals surface area contributed by atoms with E-state index >= 15 is 0 Å². The number of carboxylic acid groups (broad SMARTS) is 1. The Labute approximate surface area is 156 Å². The molecule has 1 aliphatic carbocycles. The van der Waals surface area contributed by atoms with Gasteiger partial charge >= 0.3 is 5.97 Å². The second kappa shape index (κ2) is 7.90. The Hall–Kier alpha value is -3.35. The minimum atomic E-state index is -1.09. The lowest BCUT2D eigenvalue weighted by Gasteiger charge is -2.13. The molecule has 0 spiro atoms. The van der Waals surface area contributed by atoms with Gasteiger partial charge in [0, 0.05) is 11.6 Å². The van der Waals surface area contributed by atoms with Crippen LogP contribution in [-0.2, 0) is 11.2 Å². The number of aromatic carboxylic acids is 1. The number of carbonyl (C=O) groups is 3. The molecule has 0 saturated heterocycles. The van der Waals surface area contributed by atoms with Crippen molar-refractivity contribution in [3.8, 4) is 5.75 Å². The minimum absolute atomic E-state index is 0.0807. The van der Waals surface area contributed by atoms with Crippen LogP contribution in [0.4, 0.5) is 5.69 Å². The number of amides is 2. The van der Waals surface area contributed by atoms with E-state index in [9.17, 15) is 19.5 Å². The fourth-order valence-corrected chi connectivity index (χ4v) is 2.69. The molecule has 0 aliphatic heterocycles. The summed E-state index contributed by atoms with van der Waals surface area (Å²) in [6.45, 7) is 0. The van der Waals surface area contributed by atoms with Gasteiger partial charge in [-0.25, -0.2) is 4.79 Å². The van der Waals surface area contributed by atoms with Crippen molar-refractivity contribution < 1.29 is 24.2 Å². The summed E-state index contributed by atoms with van der Waals surface area (Å²) >= 11 is 0. The molecule has 0 heterocycles. The summed E-state index contributed by atoms with van der Waals surface area (Å²) in [5, 5.41) is 14.8. The maximum atomic E-state index is 12.4. The summed E-state index contributed by atoms with van der Waals surface area (Å²) < 4.78 is 5.25. The number of anilines is 1. The SMILES string of the molecule is COc1ccc(C(=O)NC2CC2)cc1NC(=O)Cc1ccccc1C(=O)O. The number of rotatable bonds is 7. The molecule has 0 unspecified atom stereocenters. The molecule has 7 nitrogen and oxygen atoms in total. The van der Waals surface area contributed by atoms with Crippen LogP contribution >= 0.6 is 0 Å². The summed E-state index contributed by atoms with van der Waals surface area (Å²) in [6, 6.07) is 11.4. The van der Waals surface area contributed by atoms with Gasteiger partial charge in [-0.05, 0) is 42.7 Å². The van der Waals surface area contributed by atoms with E-state index in [4.69, 9.17) is 4.74 Å². The van der Waals surface area contributed by atoms with Gasteiger partial charge in [0.05, 0.1) is 24.8 Å². The smallest absolute Gasteiger partial charge is 0.335 e. The average Bonchev–Trinajstić information content (AvgIpc) is 3.45. The molecule has 0 atom stereocenters. The summed E-state index contributed by atoms with van der Waals surface area (Å²) in [5.41, 5.74) is 1.27. The lowest BCUT2D eigenvalue weighted by Crippen LogP contribution is -2.25. The fraction of sp³-hybridized carbons (Fsp3) is 0.250. The summed E-state index contributed by atoms with van der Waals surface area (Å²) in [6.07, 6.45) is 1.85. The van der Waals surface area contributed by atoms with Crippen LogP contribution in [0.15, 0.2) is 42.5 Å². The molecule has 3 rings (SSSR count). The summed E-state index contributed by atoms with van der Waals surface area (Å²) in [5.74, 6) is -1.28. The Morgan fingerprint density at radius 3 is 2.56 bits per heavy atom. The first-order valence-corrected chi connectivity index (χ1v) is 8.58. The van der Waals surface area contributed by atoms with Gasteiger partial charge in [0.25, 0.3) is 5.91 Å². The monoisotopic (exact) mass is 368 g/mol. The quantitative estimate of drug-likeness (QED) is 0.696. The van der Waals surface area contributed by atoms with Crippen molar-refractivity contribution in [3.05, 3.63) is 59.2 Å². The van der Waals surface area contributed by atoms with Crippen LogP contribution in [0.1, 0.15) is 39.1 Å². The van der Waals surface area contributed by atoms with Gasteiger partial charge in [-0.1, -0.05) is 18.2 Å². The first-order valence-electron chi connectivity index (χ1n) is 8.58. The van der Waals surface area contributed by atoms with E-state index in [2.05, 4.69) is 10.6 Å². The molecule has 2 aromatic carbocycles. The topological polar surface area (TPSA) is 105 Å². The van der Waals surface area contributed by atoms with E-state index in [0.717, 1.165) is 12.8 Å². The third-order valence-corrected chi connectivity index (χ3v) is 4.25. The molecule has 140 valence electrons. The summed E-state index contributed by atoms with van der Waals surface area (Å²) in [7, 11) is 1.47. The Bertz CT molecular complexity index is 890. The largest absolute Gasteiger partial charge is 0.495 e. The molecule has 0 bridgehead atoms. The second-order valence-electron chi connectivity index (χ2n) is 6.35. The van der Waals surface area contributed by atoms with Crippen LogP contribution in [0.3, 0.4) is 0 Å². The number of benzene rings is 2. The van der Waals surface area contributed by atoms with Gasteiger partial charge in [-0.15, -0.1) is 0 Å². The van der Waals surface area contributed by atoms with Gasteiger partial charge in [0.2, 0.25) is 5.91 Å². The molecule has 1 saturated carbocycles. The zero-order valence-electron chi connectivity index (χ0n) is 14.8. The highest BCUT2D eigenvalue weighted by atomic mass is 16.5. The van der Waals surface area contributed by atoms with Crippen LogP contribution in [0.2, 0.25) is 0 Å². The normalized spacial score (nSPS) is 12.9. The van der Waals surface area contributed by atoms with E-state index in [1.54, 1.807) is 36.4 Å². The molecule has 2 amide bonds. The standard InChI is InChI=1S/C20H20N2O5/c1-27-17-9-6-13(19(24)21-14-7-8-14)10-16(17)22-18(23)11-12-4-2-3-5-15(12)20(25)26/h2-6,9-10,14H,7-8,11H2,1H3,(H,21,24)(H,22,23)(H,25,26). The van der Waals surface area contributed by atoms with E-state index in [0.29, 0.717) is 22.6 Å². The van der Waals surface area contributed by atoms with Gasteiger partial charge in [0.1, 0.15) is 5.75 Å². The molecule has 1 fully saturated rings. The number of hydrogen-bond acceptors (Lipinski definition) is 4. The van der Waals surface area contributed by atoms with Crippen molar-refractivity contribution in [2.45, 2.75) is 25.3 Å². The van der Waals surface area contributed by atoms with E-state index in [-0.39, 0.29) is 23.9 Å². The van der Waals surface area contributed by atoms with Crippen LogP contribution in [0.25, 0.3) is 0 Å². The number of carboxylic acids is 1. The van der Waals surface area contributed by atoms with Crippen LogP contribution < -0.4 is 15.4 Å². The van der Waals surface area contributed by atoms with Crippen molar-refractivity contribution in [1.82, 2.24) is 5.32 Å². The average molecular weight is 368 g/mol. The maximum Gasteiger partial charge on any atom is 0.335 e. The molecule has 1 aliphatic rings. The molecule has 0 aromatic heterocycles. The Morgan fingerprint density at radius 2 is 1.89 bits per heavy atom. The van der Waals surface area contributed by atoms with Gasteiger partial charge < -0.3 is 20.5 Å². The molecular formula is C20H20N2O5. The number of hydrogen-bond donors (Lipinski definition) is 3. The molecular weight excluding hydrogens is 348 g/mol. The van der Waals surface area contributed by atoms with Crippen molar-refractivity contribution in [1.29, 1.82) is 0 Å². The highest BCUT2D eigenvalue weighted by molar-refractivity contribution is 6.00. The maximum absolute atomic E-state index is 12.4. The van der Waals surface area contributed by atoms with Crippen LogP contribution in [0.5, 0.6) is 5.75 Å². The predicted octanol–water partition coefficient (Wildman–Crippen LogP) is 2.47. The number of carbonyl (C=O) groups excluding carboxylic acids is 2. The van der Waals surface area contributed by atoms with E-state index in [1.165, 1.54) is 13.2 Å². The van der Waals surface area contributed by atoms with E-state index < -0.39 is 11.9 Å². The lowest BCUT2D eigenvalue weighted by molar-refractivity contribution is -0.115. The lowest BCUT2D eigenvalue weighted by atomic mass is 10.0. The number of ether oxygens (including phenoxy) is 1. The first-order chi connectivity index (χ1) is 13.0. The molecule has 27 heavy (non-hydrogen) atoms. The Morgan fingerprint density at radius 1 is 1.15 bits per heavy atom. The van der Waals surface area contributed by atoms with Gasteiger partial charge in [-0.3, -0.25) is 9.59 Å². The highest BCUT2D eigenvalue weighted by Gasteiger charge is 2.24. The van der Waals surface area contributed by atoms with Crippen molar-refractivity contribution >= 4 is 23.5 Å². The molecule has 2 aromatic rings. The van der Waals surface area contributed by atoms with Crippen molar-refractivity contribution in [3.63, 3.8) is 0 Å². The fourth-order valence-electron chi connectivity index (χ4n) is 2.69. The zero-order valence-corrected chi connectivity index (χ0v) is 14.8. The van der Waals surface area contributed by atoms with Crippen LogP contribution in [-0.4, -0.2) is 36.0 Å². The Kier molecular flexibility index (Phi) is 5.40.